The van der Waals surface area contributed by atoms with E-state index in [1.807, 2.05) is 18.2 Å². The second kappa shape index (κ2) is 6.95. The molecule has 0 aliphatic rings. The average Bonchev–Trinajstić information content (AvgIpc) is 2.48. The predicted molar refractivity (Wildman–Crippen MR) is 89.3 cm³/mol. The molecule has 2 aromatic rings. The Morgan fingerprint density at radius 2 is 1.75 bits per heavy atom. The molecule has 0 fully saturated rings. The molecule has 2 N–H and O–H groups in total. The van der Waals surface area contributed by atoms with Crippen LogP contribution in [-0.4, -0.2) is 14.2 Å². The van der Waals surface area contributed by atoms with Crippen molar-refractivity contribution in [2.45, 2.75) is 12.5 Å². The third-order valence-electron chi connectivity index (χ3n) is 3.21. The van der Waals surface area contributed by atoms with E-state index in [0.717, 1.165) is 23.5 Å². The summed E-state index contributed by atoms with van der Waals surface area (Å²) < 4.78 is 11.9. The van der Waals surface area contributed by atoms with Crippen molar-refractivity contribution in [2.75, 3.05) is 14.2 Å². The predicted octanol–water partition coefficient (Wildman–Crippen LogP) is 3.55. The van der Waals surface area contributed by atoms with Crippen LogP contribution in [0.25, 0.3) is 0 Å². The Balaban J connectivity index is 2.23. The van der Waals surface area contributed by atoms with Gasteiger partial charge in [-0.2, -0.15) is 0 Å². The van der Waals surface area contributed by atoms with Gasteiger partial charge in [0, 0.05) is 15.2 Å². The van der Waals surface area contributed by atoms with Crippen molar-refractivity contribution in [3.63, 3.8) is 0 Å². The molecule has 3 nitrogen and oxygen atoms in total. The number of methoxy groups -OCH3 is 2. The molecule has 0 saturated carbocycles. The Hall–Kier alpha value is -1.27. The van der Waals surface area contributed by atoms with Gasteiger partial charge in [0.1, 0.15) is 11.5 Å². The minimum atomic E-state index is -0.125. The van der Waals surface area contributed by atoms with Gasteiger partial charge in [0.15, 0.2) is 0 Å². The van der Waals surface area contributed by atoms with Gasteiger partial charge in [0.2, 0.25) is 0 Å². The van der Waals surface area contributed by atoms with E-state index >= 15 is 0 Å². The van der Waals surface area contributed by atoms with Crippen LogP contribution in [0.1, 0.15) is 17.2 Å². The third kappa shape index (κ3) is 3.64. The van der Waals surface area contributed by atoms with E-state index in [-0.39, 0.29) is 6.04 Å². The monoisotopic (exact) mass is 383 g/mol. The maximum atomic E-state index is 6.33. The van der Waals surface area contributed by atoms with Crippen molar-refractivity contribution in [1.29, 1.82) is 0 Å². The lowest BCUT2D eigenvalue weighted by atomic mass is 9.98. The number of hydrogen-bond donors (Lipinski definition) is 1. The SMILES string of the molecule is COc1ccc(OC)c(C(N)Cc2ccc(I)cc2)c1. The molecule has 1 atom stereocenters. The van der Waals surface area contributed by atoms with Gasteiger partial charge in [0.05, 0.1) is 14.2 Å². The first kappa shape index (κ1) is 15.1. The Kier molecular flexibility index (Phi) is 5.25. The average molecular weight is 383 g/mol. The molecule has 4 heteroatoms. The van der Waals surface area contributed by atoms with Crippen LogP contribution in [0.4, 0.5) is 0 Å². The van der Waals surface area contributed by atoms with Crippen LogP contribution >= 0.6 is 22.6 Å². The van der Waals surface area contributed by atoms with Crippen molar-refractivity contribution < 1.29 is 9.47 Å². The Bertz CT molecular complexity index is 569. The molecule has 106 valence electrons. The molecule has 0 aromatic heterocycles. The zero-order valence-electron chi connectivity index (χ0n) is 11.6. The smallest absolute Gasteiger partial charge is 0.123 e. The van der Waals surface area contributed by atoms with E-state index in [1.165, 1.54) is 9.13 Å². The number of nitrogens with two attached hydrogens (primary N) is 1. The molecule has 0 bridgehead atoms. The fourth-order valence-electron chi connectivity index (χ4n) is 2.11. The zero-order valence-corrected chi connectivity index (χ0v) is 13.8. The number of ether oxygens (including phenoxy) is 2. The van der Waals surface area contributed by atoms with Gasteiger partial charge in [-0.1, -0.05) is 12.1 Å². The van der Waals surface area contributed by atoms with Crippen molar-refractivity contribution >= 4 is 22.6 Å². The van der Waals surface area contributed by atoms with Gasteiger partial charge < -0.3 is 15.2 Å². The highest BCUT2D eigenvalue weighted by molar-refractivity contribution is 14.1. The maximum absolute atomic E-state index is 6.33. The van der Waals surface area contributed by atoms with Crippen LogP contribution in [0.5, 0.6) is 11.5 Å². The highest BCUT2D eigenvalue weighted by Gasteiger charge is 2.14. The largest absolute Gasteiger partial charge is 0.497 e. The lowest BCUT2D eigenvalue weighted by molar-refractivity contribution is 0.395. The topological polar surface area (TPSA) is 44.5 Å². The van der Waals surface area contributed by atoms with E-state index in [9.17, 15) is 0 Å². The second-order valence-corrected chi connectivity index (χ2v) is 5.79. The summed E-state index contributed by atoms with van der Waals surface area (Å²) >= 11 is 2.29. The van der Waals surface area contributed by atoms with E-state index in [0.29, 0.717) is 0 Å². The third-order valence-corrected chi connectivity index (χ3v) is 3.92. The van der Waals surface area contributed by atoms with Crippen molar-refractivity contribution in [3.8, 4) is 11.5 Å². The summed E-state index contributed by atoms with van der Waals surface area (Å²) in [6, 6.07) is 14.0. The van der Waals surface area contributed by atoms with E-state index in [1.54, 1.807) is 14.2 Å². The number of halogens is 1. The van der Waals surface area contributed by atoms with E-state index in [2.05, 4.69) is 46.9 Å². The fourth-order valence-corrected chi connectivity index (χ4v) is 2.47. The van der Waals surface area contributed by atoms with Crippen molar-refractivity contribution in [2.24, 2.45) is 5.73 Å². The lowest BCUT2D eigenvalue weighted by Gasteiger charge is -2.17. The van der Waals surface area contributed by atoms with Gasteiger partial charge >= 0.3 is 0 Å². The molecule has 0 aliphatic carbocycles. The van der Waals surface area contributed by atoms with E-state index < -0.39 is 0 Å². The molecular formula is C16H18INO2. The second-order valence-electron chi connectivity index (χ2n) is 4.54. The lowest BCUT2D eigenvalue weighted by Crippen LogP contribution is -2.14. The fraction of sp³-hybridized carbons (Fsp3) is 0.250. The van der Waals surface area contributed by atoms with Crippen LogP contribution in [0, 0.1) is 3.57 Å². The minimum absolute atomic E-state index is 0.125. The molecule has 0 amide bonds. The minimum Gasteiger partial charge on any atom is -0.497 e. The van der Waals surface area contributed by atoms with Crippen LogP contribution < -0.4 is 15.2 Å². The van der Waals surface area contributed by atoms with Crippen molar-refractivity contribution in [1.82, 2.24) is 0 Å². The molecule has 0 saturated heterocycles. The molecular weight excluding hydrogens is 365 g/mol. The highest BCUT2D eigenvalue weighted by Crippen LogP contribution is 2.30. The standard InChI is InChI=1S/C16H18INO2/c1-19-13-7-8-16(20-2)14(10-13)15(18)9-11-3-5-12(17)6-4-11/h3-8,10,15H,9,18H2,1-2H3. The summed E-state index contributed by atoms with van der Waals surface area (Å²) in [5, 5.41) is 0. The molecule has 20 heavy (non-hydrogen) atoms. The van der Waals surface area contributed by atoms with Gasteiger partial charge in [-0.25, -0.2) is 0 Å². The molecule has 2 aromatic carbocycles. The highest BCUT2D eigenvalue weighted by atomic mass is 127. The van der Waals surface area contributed by atoms with E-state index in [4.69, 9.17) is 15.2 Å². The molecule has 2 rings (SSSR count). The van der Waals surface area contributed by atoms with Gasteiger partial charge in [-0.3, -0.25) is 0 Å². The molecule has 0 aliphatic heterocycles. The van der Waals surface area contributed by atoms with Crippen LogP contribution in [0.2, 0.25) is 0 Å². The van der Waals surface area contributed by atoms with Crippen LogP contribution in [0.15, 0.2) is 42.5 Å². The summed E-state index contributed by atoms with van der Waals surface area (Å²) in [6.45, 7) is 0. The first-order valence-electron chi connectivity index (χ1n) is 6.36. The van der Waals surface area contributed by atoms with Crippen molar-refractivity contribution in [3.05, 3.63) is 57.2 Å². The van der Waals surface area contributed by atoms with Gasteiger partial charge in [0.25, 0.3) is 0 Å². The number of benzene rings is 2. The Morgan fingerprint density at radius 3 is 2.35 bits per heavy atom. The first-order valence-corrected chi connectivity index (χ1v) is 7.44. The summed E-state index contributed by atoms with van der Waals surface area (Å²) in [5.41, 5.74) is 8.50. The molecule has 1 unspecified atom stereocenters. The van der Waals surface area contributed by atoms with Crippen LogP contribution in [-0.2, 0) is 6.42 Å². The number of hydrogen-bond acceptors (Lipinski definition) is 3. The summed E-state index contributed by atoms with van der Waals surface area (Å²) in [4.78, 5) is 0. The van der Waals surface area contributed by atoms with Gasteiger partial charge in [-0.15, -0.1) is 0 Å². The number of rotatable bonds is 5. The van der Waals surface area contributed by atoms with Crippen LogP contribution in [0.3, 0.4) is 0 Å². The summed E-state index contributed by atoms with van der Waals surface area (Å²) in [7, 11) is 3.30. The van der Waals surface area contributed by atoms with Gasteiger partial charge in [-0.05, 0) is 64.9 Å². The molecule has 0 radical (unpaired) electrons. The first-order chi connectivity index (χ1) is 9.63. The zero-order chi connectivity index (χ0) is 14.5. The maximum Gasteiger partial charge on any atom is 0.123 e. The Labute approximate surface area is 133 Å². The summed E-state index contributed by atoms with van der Waals surface area (Å²) in [6.07, 6.45) is 0.764. The normalized spacial score (nSPS) is 12.0. The summed E-state index contributed by atoms with van der Waals surface area (Å²) in [5.74, 6) is 1.59. The molecule has 0 heterocycles. The molecule has 0 spiro atoms. The Morgan fingerprint density at radius 1 is 1.05 bits per heavy atom. The quantitative estimate of drug-likeness (QED) is 0.804.